The predicted molar refractivity (Wildman–Crippen MR) is 77.3 cm³/mol. The Morgan fingerprint density at radius 1 is 1.23 bits per heavy atom. The first-order chi connectivity index (χ1) is 10.2. The Balaban J connectivity index is 2.34. The summed E-state index contributed by atoms with van der Waals surface area (Å²) in [5.74, 6) is 0.0444. The van der Waals surface area contributed by atoms with Crippen molar-refractivity contribution < 1.29 is 13.2 Å². The highest BCUT2D eigenvalue weighted by Gasteiger charge is 2.34. The van der Waals surface area contributed by atoms with Gasteiger partial charge < -0.3 is 10.2 Å². The van der Waals surface area contributed by atoms with E-state index in [2.05, 4.69) is 20.4 Å². The van der Waals surface area contributed by atoms with Crippen LogP contribution in [-0.4, -0.2) is 33.8 Å². The van der Waals surface area contributed by atoms with Gasteiger partial charge in [-0.25, -0.2) is 4.98 Å². The summed E-state index contributed by atoms with van der Waals surface area (Å²) < 4.78 is 40.4. The number of halogens is 3. The smallest absolute Gasteiger partial charge is 0.363 e. The zero-order valence-corrected chi connectivity index (χ0v) is 12.7. The van der Waals surface area contributed by atoms with Crippen LogP contribution >= 0.6 is 0 Å². The molecule has 0 spiro atoms. The standard InChI is InChI=1S/C13H17F3N6/c1-8(2)22-7-9(6-17-22)18-12-19-10(13(14,15)16)5-11(20-12)21(3)4/h5-8H,1-4H3,(H,18,19,20). The van der Waals surface area contributed by atoms with Gasteiger partial charge in [0.05, 0.1) is 11.9 Å². The molecule has 0 atom stereocenters. The Morgan fingerprint density at radius 2 is 1.91 bits per heavy atom. The molecule has 6 nitrogen and oxygen atoms in total. The van der Waals surface area contributed by atoms with E-state index in [-0.39, 0.29) is 17.8 Å². The minimum atomic E-state index is -4.54. The summed E-state index contributed by atoms with van der Waals surface area (Å²) in [5, 5.41) is 6.86. The monoisotopic (exact) mass is 314 g/mol. The van der Waals surface area contributed by atoms with Crippen LogP contribution in [0.25, 0.3) is 0 Å². The number of aromatic nitrogens is 4. The van der Waals surface area contributed by atoms with Gasteiger partial charge in [-0.1, -0.05) is 0 Å². The van der Waals surface area contributed by atoms with E-state index in [1.54, 1.807) is 25.0 Å². The van der Waals surface area contributed by atoms with E-state index in [9.17, 15) is 13.2 Å². The third kappa shape index (κ3) is 3.66. The van der Waals surface area contributed by atoms with E-state index in [0.717, 1.165) is 6.07 Å². The van der Waals surface area contributed by atoms with Gasteiger partial charge >= 0.3 is 6.18 Å². The fourth-order valence-electron chi connectivity index (χ4n) is 1.68. The van der Waals surface area contributed by atoms with Crippen molar-refractivity contribution in [3.63, 3.8) is 0 Å². The molecule has 1 N–H and O–H groups in total. The molecule has 0 aliphatic rings. The molecule has 0 unspecified atom stereocenters. The van der Waals surface area contributed by atoms with Crippen LogP contribution in [0.5, 0.6) is 0 Å². The molecule has 0 saturated heterocycles. The molecule has 9 heteroatoms. The third-order valence-electron chi connectivity index (χ3n) is 2.85. The lowest BCUT2D eigenvalue weighted by atomic mass is 10.3. The molecule has 0 saturated carbocycles. The summed E-state index contributed by atoms with van der Waals surface area (Å²) in [5.41, 5.74) is -0.470. The van der Waals surface area contributed by atoms with Crippen molar-refractivity contribution >= 4 is 17.5 Å². The van der Waals surface area contributed by atoms with Gasteiger partial charge in [0.2, 0.25) is 5.95 Å². The minimum absolute atomic E-state index is 0.123. The number of rotatable bonds is 4. The molecule has 2 rings (SSSR count). The Kier molecular flexibility index (Phi) is 4.25. The molecule has 120 valence electrons. The summed E-state index contributed by atoms with van der Waals surface area (Å²) in [6.07, 6.45) is -1.34. The second kappa shape index (κ2) is 5.82. The van der Waals surface area contributed by atoms with Crippen LogP contribution < -0.4 is 10.2 Å². The van der Waals surface area contributed by atoms with Gasteiger partial charge in [-0.2, -0.15) is 23.3 Å². The highest BCUT2D eigenvalue weighted by molar-refractivity contribution is 5.54. The Morgan fingerprint density at radius 3 is 2.41 bits per heavy atom. The third-order valence-corrected chi connectivity index (χ3v) is 2.85. The SMILES string of the molecule is CC(C)n1cc(Nc2nc(N(C)C)cc(C(F)(F)F)n2)cn1. The van der Waals surface area contributed by atoms with Crippen molar-refractivity contribution in [2.45, 2.75) is 26.1 Å². The zero-order chi connectivity index (χ0) is 16.5. The molecule has 0 fully saturated rings. The zero-order valence-electron chi connectivity index (χ0n) is 12.7. The molecule has 0 amide bonds. The van der Waals surface area contributed by atoms with E-state index >= 15 is 0 Å². The van der Waals surface area contributed by atoms with E-state index in [1.807, 2.05) is 13.8 Å². The van der Waals surface area contributed by atoms with Crippen LogP contribution in [0, 0.1) is 0 Å². The summed E-state index contributed by atoms with van der Waals surface area (Å²) >= 11 is 0. The van der Waals surface area contributed by atoms with Crippen molar-refractivity contribution in [1.29, 1.82) is 0 Å². The van der Waals surface area contributed by atoms with Crippen LogP contribution in [0.2, 0.25) is 0 Å². The van der Waals surface area contributed by atoms with E-state index in [4.69, 9.17) is 0 Å². The number of hydrogen-bond acceptors (Lipinski definition) is 5. The topological polar surface area (TPSA) is 58.9 Å². The quantitative estimate of drug-likeness (QED) is 0.940. The first-order valence-corrected chi connectivity index (χ1v) is 6.61. The Labute approximate surface area is 126 Å². The molecule has 0 bridgehead atoms. The van der Waals surface area contributed by atoms with Crippen LogP contribution in [0.3, 0.4) is 0 Å². The average molecular weight is 314 g/mol. The van der Waals surface area contributed by atoms with Crippen LogP contribution in [0.1, 0.15) is 25.6 Å². The lowest BCUT2D eigenvalue weighted by molar-refractivity contribution is -0.141. The predicted octanol–water partition coefficient (Wildman–Crippen LogP) is 3.08. The minimum Gasteiger partial charge on any atom is -0.363 e. The maximum atomic E-state index is 12.9. The summed E-state index contributed by atoms with van der Waals surface area (Å²) in [6, 6.07) is 1.05. The molecule has 2 aromatic rings. The second-order valence-electron chi connectivity index (χ2n) is 5.25. The van der Waals surface area contributed by atoms with Crippen LogP contribution in [0.4, 0.5) is 30.6 Å². The van der Waals surface area contributed by atoms with E-state index in [1.165, 1.54) is 11.1 Å². The molecule has 2 heterocycles. The van der Waals surface area contributed by atoms with Gasteiger partial charge in [0, 0.05) is 32.4 Å². The molecule has 0 radical (unpaired) electrons. The highest BCUT2D eigenvalue weighted by Crippen LogP contribution is 2.30. The molecule has 0 aliphatic heterocycles. The second-order valence-corrected chi connectivity index (χ2v) is 5.25. The van der Waals surface area contributed by atoms with Gasteiger partial charge in [0.15, 0.2) is 5.69 Å². The lowest BCUT2D eigenvalue weighted by Gasteiger charge is -2.15. The first kappa shape index (κ1) is 16.1. The van der Waals surface area contributed by atoms with Crippen molar-refractivity contribution in [3.8, 4) is 0 Å². The van der Waals surface area contributed by atoms with Crippen molar-refractivity contribution in [2.75, 3.05) is 24.3 Å². The van der Waals surface area contributed by atoms with Gasteiger partial charge in [-0.05, 0) is 13.8 Å². The number of nitrogens with one attached hydrogen (secondary N) is 1. The van der Waals surface area contributed by atoms with E-state index < -0.39 is 11.9 Å². The van der Waals surface area contributed by atoms with Gasteiger partial charge in [0.1, 0.15) is 5.82 Å². The van der Waals surface area contributed by atoms with Crippen molar-refractivity contribution in [1.82, 2.24) is 19.7 Å². The van der Waals surface area contributed by atoms with E-state index in [0.29, 0.717) is 5.69 Å². The number of nitrogens with zero attached hydrogens (tertiary/aromatic N) is 5. The Hall–Kier alpha value is -2.32. The lowest BCUT2D eigenvalue weighted by Crippen LogP contribution is -2.16. The normalized spacial score (nSPS) is 11.8. The molecule has 2 aromatic heterocycles. The highest BCUT2D eigenvalue weighted by atomic mass is 19.4. The number of alkyl halides is 3. The fourth-order valence-corrected chi connectivity index (χ4v) is 1.68. The van der Waals surface area contributed by atoms with Crippen molar-refractivity contribution in [3.05, 3.63) is 24.2 Å². The van der Waals surface area contributed by atoms with Gasteiger partial charge in [-0.3, -0.25) is 4.68 Å². The van der Waals surface area contributed by atoms with Crippen molar-refractivity contribution in [2.24, 2.45) is 0 Å². The largest absolute Gasteiger partial charge is 0.433 e. The van der Waals surface area contributed by atoms with Crippen LogP contribution in [0.15, 0.2) is 18.5 Å². The fraction of sp³-hybridized carbons (Fsp3) is 0.462. The van der Waals surface area contributed by atoms with Gasteiger partial charge in [-0.15, -0.1) is 0 Å². The number of anilines is 3. The molecular weight excluding hydrogens is 297 g/mol. The average Bonchev–Trinajstić information content (AvgIpc) is 2.86. The summed E-state index contributed by atoms with van der Waals surface area (Å²) in [7, 11) is 3.23. The summed E-state index contributed by atoms with van der Waals surface area (Å²) in [4.78, 5) is 9.07. The molecule has 22 heavy (non-hydrogen) atoms. The molecule has 0 aliphatic carbocycles. The van der Waals surface area contributed by atoms with Gasteiger partial charge in [0.25, 0.3) is 0 Å². The molecule has 0 aromatic carbocycles. The van der Waals surface area contributed by atoms with Crippen LogP contribution in [-0.2, 0) is 6.18 Å². The Bertz CT molecular complexity index is 647. The maximum absolute atomic E-state index is 12.9. The first-order valence-electron chi connectivity index (χ1n) is 6.61. The maximum Gasteiger partial charge on any atom is 0.433 e. The number of hydrogen-bond donors (Lipinski definition) is 1. The summed E-state index contributed by atoms with van der Waals surface area (Å²) in [6.45, 7) is 3.89. The molecular formula is C13H17F3N6.